The lowest BCUT2D eigenvalue weighted by Crippen LogP contribution is -2.48. The van der Waals surface area contributed by atoms with E-state index in [4.69, 9.17) is 9.47 Å². The Morgan fingerprint density at radius 1 is 1.42 bits per heavy atom. The zero-order valence-electron chi connectivity index (χ0n) is 11.6. The number of alkyl carbamates (subject to hydrolysis) is 1. The van der Waals surface area contributed by atoms with Gasteiger partial charge in [-0.25, -0.2) is 4.79 Å². The smallest absolute Gasteiger partial charge is 0.407 e. The summed E-state index contributed by atoms with van der Waals surface area (Å²) in [5.41, 5.74) is -0.542. The summed E-state index contributed by atoms with van der Waals surface area (Å²) in [6, 6.07) is -0.250. The van der Waals surface area contributed by atoms with E-state index >= 15 is 0 Å². The number of ether oxygens (including phenoxy) is 2. The quantitative estimate of drug-likeness (QED) is 0.584. The maximum Gasteiger partial charge on any atom is 0.407 e. The average molecular weight is 267 g/mol. The number of rotatable bonds is 1. The summed E-state index contributed by atoms with van der Waals surface area (Å²) >= 11 is 0. The van der Waals surface area contributed by atoms with E-state index in [1.807, 2.05) is 32.9 Å². The van der Waals surface area contributed by atoms with E-state index in [0.29, 0.717) is 6.42 Å². The molecule has 1 N–H and O–H groups in total. The minimum Gasteiger partial charge on any atom is -0.458 e. The van der Waals surface area contributed by atoms with E-state index in [1.54, 1.807) is 0 Å². The third-order valence-corrected chi connectivity index (χ3v) is 3.26. The standard InChI is InChI=1S/C14H21NO4/c1-14(2,3)19-13(17)15-11-6-4-5-9-7-8-10(11)12(16)18-9/h4-5,9-11H,6-8H2,1-3H3,(H,15,17)/b5-4-/t9-,10-,11+/m1/s1. The lowest BCUT2D eigenvalue weighted by molar-refractivity contribution is -0.159. The molecule has 5 heteroatoms. The molecule has 0 spiro atoms. The molecule has 0 radical (unpaired) electrons. The molecule has 0 aromatic heterocycles. The van der Waals surface area contributed by atoms with E-state index in [9.17, 15) is 9.59 Å². The average Bonchev–Trinajstić information content (AvgIpc) is 2.22. The van der Waals surface area contributed by atoms with Crippen LogP contribution in [0.3, 0.4) is 0 Å². The molecule has 19 heavy (non-hydrogen) atoms. The van der Waals surface area contributed by atoms with Crippen molar-refractivity contribution in [3.63, 3.8) is 0 Å². The van der Waals surface area contributed by atoms with E-state index in [-0.39, 0.29) is 24.0 Å². The molecule has 0 saturated carbocycles. The van der Waals surface area contributed by atoms with Crippen molar-refractivity contribution in [1.82, 2.24) is 5.32 Å². The first kappa shape index (κ1) is 13.9. The van der Waals surface area contributed by atoms with Gasteiger partial charge in [-0.05, 0) is 46.1 Å². The first-order valence-corrected chi connectivity index (χ1v) is 6.72. The minimum atomic E-state index is -0.542. The zero-order chi connectivity index (χ0) is 14.0. The molecule has 0 aromatic rings. The van der Waals surface area contributed by atoms with Crippen LogP contribution in [0.1, 0.15) is 40.0 Å². The third-order valence-electron chi connectivity index (χ3n) is 3.26. The largest absolute Gasteiger partial charge is 0.458 e. The summed E-state index contributed by atoms with van der Waals surface area (Å²) in [6.07, 6.45) is 5.48. The first-order chi connectivity index (χ1) is 8.85. The second-order valence-electron chi connectivity index (χ2n) is 6.08. The Morgan fingerprint density at radius 3 is 2.79 bits per heavy atom. The van der Waals surface area contributed by atoms with E-state index in [1.165, 1.54) is 0 Å². The van der Waals surface area contributed by atoms with E-state index < -0.39 is 11.7 Å². The summed E-state index contributed by atoms with van der Waals surface area (Å²) in [7, 11) is 0. The van der Waals surface area contributed by atoms with Crippen molar-refractivity contribution in [2.24, 2.45) is 5.92 Å². The Balaban J connectivity index is 2.02. The highest BCUT2D eigenvalue weighted by Gasteiger charge is 2.37. The van der Waals surface area contributed by atoms with Crippen LogP contribution in [0.25, 0.3) is 0 Å². The number of carbonyl (C=O) groups excluding carboxylic acids is 2. The fourth-order valence-corrected chi connectivity index (χ4v) is 2.42. The van der Waals surface area contributed by atoms with Gasteiger partial charge >= 0.3 is 12.1 Å². The van der Waals surface area contributed by atoms with Crippen LogP contribution in [0.5, 0.6) is 0 Å². The highest BCUT2D eigenvalue weighted by molar-refractivity contribution is 5.76. The Hall–Kier alpha value is -1.52. The monoisotopic (exact) mass is 267 g/mol. The molecule has 106 valence electrons. The summed E-state index contributed by atoms with van der Waals surface area (Å²) in [6.45, 7) is 5.43. The molecule has 0 aromatic carbocycles. The molecule has 3 rings (SSSR count). The molecule has 0 unspecified atom stereocenters. The van der Waals surface area contributed by atoms with Crippen molar-refractivity contribution in [3.8, 4) is 0 Å². The van der Waals surface area contributed by atoms with Gasteiger partial charge in [-0.2, -0.15) is 0 Å². The number of hydrogen-bond acceptors (Lipinski definition) is 4. The minimum absolute atomic E-state index is 0.0915. The van der Waals surface area contributed by atoms with E-state index in [0.717, 1.165) is 12.8 Å². The van der Waals surface area contributed by atoms with Crippen molar-refractivity contribution in [2.75, 3.05) is 0 Å². The van der Waals surface area contributed by atoms with Gasteiger partial charge in [-0.1, -0.05) is 6.08 Å². The zero-order valence-corrected chi connectivity index (χ0v) is 11.6. The molecule has 2 heterocycles. The second-order valence-corrected chi connectivity index (χ2v) is 6.08. The Kier molecular flexibility index (Phi) is 3.83. The molecule has 1 saturated heterocycles. The summed E-state index contributed by atoms with van der Waals surface area (Å²) in [4.78, 5) is 23.7. The number of carbonyl (C=O) groups is 2. The Morgan fingerprint density at radius 2 is 2.16 bits per heavy atom. The fourth-order valence-electron chi connectivity index (χ4n) is 2.42. The summed E-state index contributed by atoms with van der Waals surface area (Å²) in [5.74, 6) is -0.490. The van der Waals surface area contributed by atoms with Gasteiger partial charge in [-0.15, -0.1) is 0 Å². The number of hydrogen-bond donors (Lipinski definition) is 1. The number of fused-ring (bicyclic) bond motifs is 4. The normalized spacial score (nSPS) is 31.9. The van der Waals surface area contributed by atoms with Crippen LogP contribution in [0.4, 0.5) is 4.79 Å². The summed E-state index contributed by atoms with van der Waals surface area (Å²) in [5, 5.41) is 2.79. The van der Waals surface area contributed by atoms with Gasteiger partial charge in [0.1, 0.15) is 11.7 Å². The van der Waals surface area contributed by atoms with Gasteiger partial charge in [0, 0.05) is 6.04 Å². The van der Waals surface area contributed by atoms with Gasteiger partial charge in [0.2, 0.25) is 0 Å². The number of esters is 1. The van der Waals surface area contributed by atoms with Crippen molar-refractivity contribution >= 4 is 12.1 Å². The van der Waals surface area contributed by atoms with Gasteiger partial charge in [0.05, 0.1) is 5.92 Å². The highest BCUT2D eigenvalue weighted by Crippen LogP contribution is 2.28. The molecule has 1 aliphatic carbocycles. The molecule has 3 atom stereocenters. The molecular formula is C14H21NO4. The van der Waals surface area contributed by atoms with Crippen molar-refractivity contribution in [2.45, 2.75) is 57.8 Å². The van der Waals surface area contributed by atoms with Gasteiger partial charge in [-0.3, -0.25) is 4.79 Å². The SMILES string of the molecule is CC(C)(C)OC(=O)N[C@H]1C/C=C\[C@@H]2CC[C@H]1C(=O)O2. The van der Waals surface area contributed by atoms with Gasteiger partial charge in [0.15, 0.2) is 0 Å². The molecule has 5 nitrogen and oxygen atoms in total. The number of amides is 1. The summed E-state index contributed by atoms with van der Waals surface area (Å²) < 4.78 is 10.5. The third kappa shape index (κ3) is 3.72. The molecular weight excluding hydrogens is 246 g/mol. The second kappa shape index (κ2) is 5.23. The van der Waals surface area contributed by atoms with Crippen LogP contribution in [0.2, 0.25) is 0 Å². The van der Waals surface area contributed by atoms with Crippen molar-refractivity contribution in [3.05, 3.63) is 12.2 Å². The lowest BCUT2D eigenvalue weighted by Gasteiger charge is -2.34. The molecule has 1 amide bonds. The van der Waals surface area contributed by atoms with Crippen LogP contribution in [-0.4, -0.2) is 29.8 Å². The Bertz CT molecular complexity index is 397. The van der Waals surface area contributed by atoms with Crippen molar-refractivity contribution in [1.29, 1.82) is 0 Å². The maximum absolute atomic E-state index is 11.9. The Labute approximate surface area is 113 Å². The van der Waals surface area contributed by atoms with Crippen LogP contribution >= 0.6 is 0 Å². The van der Waals surface area contributed by atoms with Crippen LogP contribution in [-0.2, 0) is 14.3 Å². The number of nitrogens with one attached hydrogen (secondary N) is 1. The van der Waals surface area contributed by atoms with Crippen molar-refractivity contribution < 1.29 is 19.1 Å². The topological polar surface area (TPSA) is 64.6 Å². The predicted molar refractivity (Wildman–Crippen MR) is 69.5 cm³/mol. The highest BCUT2D eigenvalue weighted by atomic mass is 16.6. The molecule has 3 aliphatic rings. The lowest BCUT2D eigenvalue weighted by atomic mass is 9.86. The van der Waals surface area contributed by atoms with E-state index in [2.05, 4.69) is 5.32 Å². The molecule has 2 aliphatic heterocycles. The fraction of sp³-hybridized carbons (Fsp3) is 0.714. The van der Waals surface area contributed by atoms with Crippen LogP contribution < -0.4 is 5.32 Å². The maximum atomic E-state index is 11.9. The molecule has 1 fully saturated rings. The van der Waals surface area contributed by atoms with Gasteiger partial charge in [0.25, 0.3) is 0 Å². The van der Waals surface area contributed by atoms with Crippen LogP contribution in [0, 0.1) is 5.92 Å². The predicted octanol–water partition coefficient (Wildman–Crippen LogP) is 2.16. The van der Waals surface area contributed by atoms with Gasteiger partial charge < -0.3 is 14.8 Å². The van der Waals surface area contributed by atoms with Crippen LogP contribution in [0.15, 0.2) is 12.2 Å². The molecule has 2 bridgehead atoms. The first-order valence-electron chi connectivity index (χ1n) is 6.72.